The quantitative estimate of drug-likeness (QED) is 0.793. The van der Waals surface area contributed by atoms with Crippen molar-refractivity contribution in [2.45, 2.75) is 0 Å². The van der Waals surface area contributed by atoms with Crippen LogP contribution >= 0.6 is 0 Å². The molecule has 0 radical (unpaired) electrons. The molecular weight excluding hydrogens is 249 g/mol. The molecular formula is C14H12FNO3. The molecule has 19 heavy (non-hydrogen) atoms. The van der Waals surface area contributed by atoms with Gasteiger partial charge in [-0.05, 0) is 18.2 Å². The minimum Gasteiger partial charge on any atom is -0.497 e. The van der Waals surface area contributed by atoms with Crippen LogP contribution in [0.4, 0.5) is 4.39 Å². The molecule has 1 aromatic heterocycles. The summed E-state index contributed by atoms with van der Waals surface area (Å²) in [5.74, 6) is -0.281. The summed E-state index contributed by atoms with van der Waals surface area (Å²) in [5.41, 5.74) is 0.235. The van der Waals surface area contributed by atoms with E-state index in [-0.39, 0.29) is 11.1 Å². The number of benzene rings is 1. The van der Waals surface area contributed by atoms with E-state index in [9.17, 15) is 9.18 Å². The first-order chi connectivity index (χ1) is 9.15. The van der Waals surface area contributed by atoms with Gasteiger partial charge in [-0.2, -0.15) is 0 Å². The lowest BCUT2D eigenvalue weighted by molar-refractivity contribution is 0.103. The minimum atomic E-state index is -0.632. The molecule has 0 aliphatic carbocycles. The molecule has 0 spiro atoms. The number of aromatic nitrogens is 1. The Kier molecular flexibility index (Phi) is 3.75. The van der Waals surface area contributed by atoms with E-state index in [0.29, 0.717) is 11.5 Å². The lowest BCUT2D eigenvalue weighted by Gasteiger charge is -2.06. The van der Waals surface area contributed by atoms with Gasteiger partial charge in [0, 0.05) is 17.8 Å². The zero-order valence-electron chi connectivity index (χ0n) is 10.5. The Morgan fingerprint density at radius 3 is 2.47 bits per heavy atom. The number of halogens is 1. The molecule has 1 aromatic carbocycles. The van der Waals surface area contributed by atoms with Crippen LogP contribution < -0.4 is 9.47 Å². The summed E-state index contributed by atoms with van der Waals surface area (Å²) in [6.45, 7) is 0. The van der Waals surface area contributed by atoms with Crippen molar-refractivity contribution in [3.8, 4) is 11.5 Å². The highest BCUT2D eigenvalue weighted by Crippen LogP contribution is 2.20. The van der Waals surface area contributed by atoms with Crippen LogP contribution in [-0.2, 0) is 0 Å². The maximum atomic E-state index is 13.8. The van der Waals surface area contributed by atoms with E-state index in [1.807, 2.05) is 0 Å². The summed E-state index contributed by atoms with van der Waals surface area (Å²) in [6, 6.07) is 5.60. The Bertz CT molecular complexity index is 613. The van der Waals surface area contributed by atoms with Crippen molar-refractivity contribution in [1.29, 1.82) is 0 Å². The third kappa shape index (κ3) is 2.70. The number of hydrogen-bond acceptors (Lipinski definition) is 4. The van der Waals surface area contributed by atoms with Crippen molar-refractivity contribution in [2.75, 3.05) is 14.2 Å². The van der Waals surface area contributed by atoms with Crippen LogP contribution in [0.2, 0.25) is 0 Å². The van der Waals surface area contributed by atoms with E-state index >= 15 is 0 Å². The van der Waals surface area contributed by atoms with Gasteiger partial charge in [0.15, 0.2) is 5.78 Å². The van der Waals surface area contributed by atoms with E-state index < -0.39 is 11.6 Å². The van der Waals surface area contributed by atoms with Crippen molar-refractivity contribution < 1.29 is 18.7 Å². The smallest absolute Gasteiger partial charge is 0.197 e. The number of rotatable bonds is 4. The molecule has 0 N–H and O–H groups in total. The minimum absolute atomic E-state index is 0.0316. The highest BCUT2D eigenvalue weighted by atomic mass is 19.1. The molecule has 0 saturated carbocycles. The van der Waals surface area contributed by atoms with E-state index in [0.717, 1.165) is 0 Å². The Hall–Kier alpha value is -2.43. The van der Waals surface area contributed by atoms with Crippen molar-refractivity contribution in [1.82, 2.24) is 4.98 Å². The highest BCUT2D eigenvalue weighted by molar-refractivity contribution is 6.09. The largest absolute Gasteiger partial charge is 0.497 e. The van der Waals surface area contributed by atoms with Crippen LogP contribution in [0.3, 0.4) is 0 Å². The number of methoxy groups -OCH3 is 2. The van der Waals surface area contributed by atoms with Crippen molar-refractivity contribution >= 4 is 5.78 Å². The van der Waals surface area contributed by atoms with Gasteiger partial charge in [0.2, 0.25) is 0 Å². The number of hydrogen-bond donors (Lipinski definition) is 0. The third-order valence-electron chi connectivity index (χ3n) is 2.63. The predicted octanol–water partition coefficient (Wildman–Crippen LogP) is 2.47. The normalized spacial score (nSPS) is 10.1. The van der Waals surface area contributed by atoms with Gasteiger partial charge in [0.1, 0.15) is 17.3 Å². The van der Waals surface area contributed by atoms with Gasteiger partial charge in [-0.15, -0.1) is 0 Å². The molecule has 0 saturated heterocycles. The standard InChI is InChI=1S/C14H12FNO3/c1-18-10-3-4-12(13(15)6-10)14(17)9-5-11(19-2)8-16-7-9/h3-8H,1-2H3. The molecule has 0 aliphatic rings. The van der Waals surface area contributed by atoms with Gasteiger partial charge in [-0.1, -0.05) is 0 Å². The number of carbonyl (C=O) groups is 1. The van der Waals surface area contributed by atoms with Crippen LogP contribution in [-0.4, -0.2) is 25.0 Å². The monoisotopic (exact) mass is 261 g/mol. The van der Waals surface area contributed by atoms with E-state index in [4.69, 9.17) is 9.47 Å². The second-order valence-corrected chi connectivity index (χ2v) is 3.79. The second-order valence-electron chi connectivity index (χ2n) is 3.79. The van der Waals surface area contributed by atoms with Gasteiger partial charge in [0.05, 0.1) is 26.0 Å². The maximum Gasteiger partial charge on any atom is 0.197 e. The van der Waals surface area contributed by atoms with Crippen molar-refractivity contribution in [3.63, 3.8) is 0 Å². The second kappa shape index (κ2) is 5.48. The third-order valence-corrected chi connectivity index (χ3v) is 2.63. The van der Waals surface area contributed by atoms with Crippen molar-refractivity contribution in [2.24, 2.45) is 0 Å². The van der Waals surface area contributed by atoms with Gasteiger partial charge in [-0.25, -0.2) is 4.39 Å². The van der Waals surface area contributed by atoms with Crippen molar-refractivity contribution in [3.05, 3.63) is 53.6 Å². The van der Waals surface area contributed by atoms with E-state index in [1.54, 1.807) is 0 Å². The van der Waals surface area contributed by atoms with E-state index in [1.165, 1.54) is 50.9 Å². The number of ether oxygens (including phenoxy) is 2. The molecule has 0 fully saturated rings. The predicted molar refractivity (Wildman–Crippen MR) is 67.2 cm³/mol. The lowest BCUT2D eigenvalue weighted by Crippen LogP contribution is -2.05. The molecule has 1 heterocycles. The average Bonchev–Trinajstić information content (AvgIpc) is 2.46. The van der Waals surface area contributed by atoms with Gasteiger partial charge in [-0.3, -0.25) is 9.78 Å². The molecule has 0 aliphatic heterocycles. The molecule has 0 amide bonds. The van der Waals surface area contributed by atoms with Crippen LogP contribution in [0.25, 0.3) is 0 Å². The van der Waals surface area contributed by atoms with E-state index in [2.05, 4.69) is 4.98 Å². The number of nitrogens with zero attached hydrogens (tertiary/aromatic N) is 1. The van der Waals surface area contributed by atoms with Crippen LogP contribution in [0.5, 0.6) is 11.5 Å². The zero-order chi connectivity index (χ0) is 13.8. The number of carbonyl (C=O) groups excluding carboxylic acids is 1. The van der Waals surface area contributed by atoms with Gasteiger partial charge in [0.25, 0.3) is 0 Å². The van der Waals surface area contributed by atoms with Crippen LogP contribution in [0, 0.1) is 5.82 Å². The topological polar surface area (TPSA) is 48.4 Å². The average molecular weight is 261 g/mol. The molecule has 98 valence electrons. The van der Waals surface area contributed by atoms with Gasteiger partial charge < -0.3 is 9.47 Å². The molecule has 4 nitrogen and oxygen atoms in total. The first-order valence-electron chi connectivity index (χ1n) is 5.53. The summed E-state index contributed by atoms with van der Waals surface area (Å²) in [4.78, 5) is 16.0. The Morgan fingerprint density at radius 2 is 1.84 bits per heavy atom. The first kappa shape index (κ1) is 13.0. The fourth-order valence-electron chi connectivity index (χ4n) is 1.62. The first-order valence-corrected chi connectivity index (χ1v) is 5.53. The molecule has 2 aromatic rings. The van der Waals surface area contributed by atoms with Gasteiger partial charge >= 0.3 is 0 Å². The molecule has 0 atom stereocenters. The maximum absolute atomic E-state index is 13.8. The fraction of sp³-hybridized carbons (Fsp3) is 0.143. The zero-order valence-corrected chi connectivity index (χ0v) is 10.5. The molecule has 0 bridgehead atoms. The summed E-state index contributed by atoms with van der Waals surface area (Å²) >= 11 is 0. The molecule has 5 heteroatoms. The summed E-state index contributed by atoms with van der Waals surface area (Å²) < 4.78 is 23.7. The Balaban J connectivity index is 2.38. The summed E-state index contributed by atoms with van der Waals surface area (Å²) in [6.07, 6.45) is 2.84. The SMILES string of the molecule is COc1cncc(C(=O)c2ccc(OC)cc2F)c1. The number of pyridine rings is 1. The summed E-state index contributed by atoms with van der Waals surface area (Å²) in [7, 11) is 2.90. The number of ketones is 1. The molecule has 0 unspecified atom stereocenters. The molecule has 2 rings (SSSR count). The lowest BCUT2D eigenvalue weighted by atomic mass is 10.0. The van der Waals surface area contributed by atoms with Crippen LogP contribution in [0.1, 0.15) is 15.9 Å². The Morgan fingerprint density at radius 1 is 1.11 bits per heavy atom. The Labute approximate surface area is 109 Å². The fourth-order valence-corrected chi connectivity index (χ4v) is 1.62. The van der Waals surface area contributed by atoms with Crippen LogP contribution in [0.15, 0.2) is 36.7 Å². The summed E-state index contributed by atoms with van der Waals surface area (Å²) in [5, 5.41) is 0. The highest BCUT2D eigenvalue weighted by Gasteiger charge is 2.15.